The van der Waals surface area contributed by atoms with E-state index >= 15 is 0 Å². The molecule has 20 heavy (non-hydrogen) atoms. The summed E-state index contributed by atoms with van der Waals surface area (Å²) < 4.78 is 1.78. The number of hydrogen-bond donors (Lipinski definition) is 1. The number of benzene rings is 1. The number of aryl methyl sites for hydroxylation is 2. The SMILES string of the molecule is Cc1cc(C)n(-c2cc(N)nc(-c3ccccc3)n2)n1. The van der Waals surface area contributed by atoms with Gasteiger partial charge in [-0.1, -0.05) is 30.3 Å². The van der Waals surface area contributed by atoms with Gasteiger partial charge in [0, 0.05) is 17.3 Å². The molecule has 0 amide bonds. The first-order valence-corrected chi connectivity index (χ1v) is 6.37. The predicted molar refractivity (Wildman–Crippen MR) is 78.5 cm³/mol. The van der Waals surface area contributed by atoms with Crippen LogP contribution in [-0.4, -0.2) is 19.7 Å². The van der Waals surface area contributed by atoms with Gasteiger partial charge in [0.2, 0.25) is 0 Å². The Labute approximate surface area is 117 Å². The molecule has 5 nitrogen and oxygen atoms in total. The molecule has 0 saturated heterocycles. The van der Waals surface area contributed by atoms with Crippen LogP contribution in [-0.2, 0) is 0 Å². The lowest BCUT2D eigenvalue weighted by atomic mass is 10.2. The molecule has 0 saturated carbocycles. The van der Waals surface area contributed by atoms with E-state index in [0.717, 1.165) is 17.0 Å². The maximum absolute atomic E-state index is 5.90. The van der Waals surface area contributed by atoms with Gasteiger partial charge in [0.25, 0.3) is 0 Å². The first kappa shape index (κ1) is 12.3. The van der Waals surface area contributed by atoms with Crippen LogP contribution in [0.25, 0.3) is 17.2 Å². The van der Waals surface area contributed by atoms with E-state index in [0.29, 0.717) is 17.5 Å². The minimum atomic E-state index is 0.432. The van der Waals surface area contributed by atoms with E-state index in [1.165, 1.54) is 0 Å². The van der Waals surface area contributed by atoms with Gasteiger partial charge < -0.3 is 5.73 Å². The maximum atomic E-state index is 5.90. The van der Waals surface area contributed by atoms with Crippen molar-refractivity contribution >= 4 is 5.82 Å². The molecule has 1 aromatic carbocycles. The lowest BCUT2D eigenvalue weighted by Gasteiger charge is -2.07. The molecule has 2 heterocycles. The monoisotopic (exact) mass is 265 g/mol. The fourth-order valence-corrected chi connectivity index (χ4v) is 2.14. The average Bonchev–Trinajstić information content (AvgIpc) is 2.78. The minimum absolute atomic E-state index is 0.432. The molecule has 100 valence electrons. The third-order valence-corrected chi connectivity index (χ3v) is 2.99. The van der Waals surface area contributed by atoms with E-state index in [2.05, 4.69) is 15.1 Å². The molecule has 0 radical (unpaired) electrons. The summed E-state index contributed by atoms with van der Waals surface area (Å²) in [6.07, 6.45) is 0. The highest BCUT2D eigenvalue weighted by Crippen LogP contribution is 2.19. The molecule has 0 aliphatic rings. The standard InChI is InChI=1S/C15H15N5/c1-10-8-11(2)20(19-10)14-9-13(16)17-15(18-14)12-6-4-3-5-7-12/h3-9H,1-2H3,(H2,16,17,18). The summed E-state index contributed by atoms with van der Waals surface area (Å²) in [5.74, 6) is 1.72. The van der Waals surface area contributed by atoms with Crippen molar-refractivity contribution in [1.82, 2.24) is 19.7 Å². The Kier molecular flexibility index (Phi) is 2.95. The average molecular weight is 265 g/mol. The Balaban J connectivity index is 2.14. The zero-order valence-electron chi connectivity index (χ0n) is 11.4. The van der Waals surface area contributed by atoms with Crippen molar-refractivity contribution in [2.24, 2.45) is 0 Å². The van der Waals surface area contributed by atoms with Crippen molar-refractivity contribution in [3.63, 3.8) is 0 Å². The van der Waals surface area contributed by atoms with Crippen LogP contribution >= 0.6 is 0 Å². The van der Waals surface area contributed by atoms with Gasteiger partial charge in [-0.15, -0.1) is 0 Å². The van der Waals surface area contributed by atoms with Gasteiger partial charge in [-0.05, 0) is 19.9 Å². The van der Waals surface area contributed by atoms with Crippen LogP contribution in [0.3, 0.4) is 0 Å². The quantitative estimate of drug-likeness (QED) is 0.773. The van der Waals surface area contributed by atoms with E-state index in [-0.39, 0.29) is 0 Å². The second kappa shape index (κ2) is 4.77. The number of nitrogens with zero attached hydrogens (tertiary/aromatic N) is 4. The molecule has 3 aromatic rings. The van der Waals surface area contributed by atoms with Crippen LogP contribution in [0, 0.1) is 13.8 Å². The molecular formula is C15H15N5. The fraction of sp³-hybridized carbons (Fsp3) is 0.133. The van der Waals surface area contributed by atoms with Gasteiger partial charge in [-0.25, -0.2) is 14.6 Å². The van der Waals surface area contributed by atoms with E-state index in [1.807, 2.05) is 50.2 Å². The Morgan fingerprint density at radius 3 is 2.40 bits per heavy atom. The van der Waals surface area contributed by atoms with E-state index in [1.54, 1.807) is 10.7 Å². The van der Waals surface area contributed by atoms with Crippen molar-refractivity contribution < 1.29 is 0 Å². The van der Waals surface area contributed by atoms with Gasteiger partial charge in [0.05, 0.1) is 5.69 Å². The van der Waals surface area contributed by atoms with Crippen LogP contribution < -0.4 is 5.73 Å². The Morgan fingerprint density at radius 1 is 1.00 bits per heavy atom. The molecule has 2 aromatic heterocycles. The summed E-state index contributed by atoms with van der Waals surface area (Å²) >= 11 is 0. The highest BCUT2D eigenvalue weighted by atomic mass is 15.3. The number of aromatic nitrogens is 4. The molecule has 0 spiro atoms. The van der Waals surface area contributed by atoms with E-state index in [9.17, 15) is 0 Å². The Morgan fingerprint density at radius 2 is 1.75 bits per heavy atom. The summed E-state index contributed by atoms with van der Waals surface area (Å²) in [6, 6.07) is 13.5. The summed E-state index contributed by atoms with van der Waals surface area (Å²) in [6.45, 7) is 3.94. The van der Waals surface area contributed by atoms with Crippen LogP contribution in [0.2, 0.25) is 0 Å². The van der Waals surface area contributed by atoms with Crippen LogP contribution in [0.15, 0.2) is 42.5 Å². The normalized spacial score (nSPS) is 10.7. The van der Waals surface area contributed by atoms with Gasteiger partial charge in [-0.2, -0.15) is 5.10 Å². The van der Waals surface area contributed by atoms with Crippen LogP contribution in [0.4, 0.5) is 5.82 Å². The molecule has 0 unspecified atom stereocenters. The van der Waals surface area contributed by atoms with Crippen molar-refractivity contribution in [3.8, 4) is 17.2 Å². The lowest BCUT2D eigenvalue weighted by molar-refractivity contribution is 0.803. The smallest absolute Gasteiger partial charge is 0.163 e. The van der Waals surface area contributed by atoms with E-state index < -0.39 is 0 Å². The lowest BCUT2D eigenvalue weighted by Crippen LogP contribution is -2.06. The Bertz CT molecular complexity index is 746. The molecule has 0 atom stereocenters. The minimum Gasteiger partial charge on any atom is -0.384 e. The largest absolute Gasteiger partial charge is 0.384 e. The first-order valence-electron chi connectivity index (χ1n) is 6.37. The molecule has 0 aliphatic heterocycles. The number of nitrogens with two attached hydrogens (primary N) is 1. The second-order valence-corrected chi connectivity index (χ2v) is 4.68. The van der Waals surface area contributed by atoms with Crippen LogP contribution in [0.1, 0.15) is 11.4 Å². The second-order valence-electron chi connectivity index (χ2n) is 4.68. The molecule has 3 rings (SSSR count). The summed E-state index contributed by atoms with van der Waals surface area (Å²) in [4.78, 5) is 8.85. The molecule has 0 bridgehead atoms. The number of nitrogen functional groups attached to an aromatic ring is 1. The zero-order chi connectivity index (χ0) is 14.1. The summed E-state index contributed by atoms with van der Waals surface area (Å²) in [5.41, 5.74) is 8.79. The third kappa shape index (κ3) is 2.25. The van der Waals surface area contributed by atoms with Gasteiger partial charge in [0.1, 0.15) is 5.82 Å². The van der Waals surface area contributed by atoms with Crippen molar-refractivity contribution in [1.29, 1.82) is 0 Å². The predicted octanol–water partition coefficient (Wildman–Crippen LogP) is 2.53. The van der Waals surface area contributed by atoms with E-state index in [4.69, 9.17) is 5.73 Å². The fourth-order valence-electron chi connectivity index (χ4n) is 2.14. The zero-order valence-corrected chi connectivity index (χ0v) is 11.4. The maximum Gasteiger partial charge on any atom is 0.163 e. The van der Waals surface area contributed by atoms with Gasteiger partial charge in [-0.3, -0.25) is 0 Å². The number of hydrogen-bond acceptors (Lipinski definition) is 4. The summed E-state index contributed by atoms with van der Waals surface area (Å²) in [7, 11) is 0. The molecule has 2 N–H and O–H groups in total. The molecule has 0 aliphatic carbocycles. The van der Waals surface area contributed by atoms with Gasteiger partial charge >= 0.3 is 0 Å². The third-order valence-electron chi connectivity index (χ3n) is 2.99. The van der Waals surface area contributed by atoms with Crippen molar-refractivity contribution in [2.45, 2.75) is 13.8 Å². The molecular weight excluding hydrogens is 250 g/mol. The highest BCUT2D eigenvalue weighted by molar-refractivity contribution is 5.58. The molecule has 0 fully saturated rings. The van der Waals surface area contributed by atoms with Crippen molar-refractivity contribution in [2.75, 3.05) is 5.73 Å². The topological polar surface area (TPSA) is 69.6 Å². The first-order chi connectivity index (χ1) is 9.63. The summed E-state index contributed by atoms with van der Waals surface area (Å²) in [5, 5.41) is 4.43. The molecule has 5 heteroatoms. The van der Waals surface area contributed by atoms with Crippen LogP contribution in [0.5, 0.6) is 0 Å². The number of rotatable bonds is 2. The van der Waals surface area contributed by atoms with Gasteiger partial charge in [0.15, 0.2) is 11.6 Å². The number of anilines is 1. The Hall–Kier alpha value is -2.69. The van der Waals surface area contributed by atoms with Crippen molar-refractivity contribution in [3.05, 3.63) is 53.9 Å². The highest BCUT2D eigenvalue weighted by Gasteiger charge is 2.09.